The summed E-state index contributed by atoms with van der Waals surface area (Å²) in [6, 6.07) is 7.38. The Morgan fingerprint density at radius 2 is 1.92 bits per heavy atom. The fraction of sp³-hybridized carbons (Fsp3) is 0.273. The van der Waals surface area contributed by atoms with Crippen molar-refractivity contribution in [2.45, 2.75) is 6.42 Å². The van der Waals surface area contributed by atoms with Crippen molar-refractivity contribution in [2.24, 2.45) is 0 Å². The lowest BCUT2D eigenvalue weighted by molar-refractivity contribution is 0.475. The number of phenols is 1. The summed E-state index contributed by atoms with van der Waals surface area (Å²) in [5, 5.41) is 9.12. The second kappa shape index (κ2) is 3.13. The molecule has 0 unspecified atom stereocenters. The highest BCUT2D eigenvalue weighted by molar-refractivity contribution is 5.67. The van der Waals surface area contributed by atoms with Crippen LogP contribution in [0.25, 0.3) is 5.57 Å². The van der Waals surface area contributed by atoms with E-state index in [0.29, 0.717) is 5.75 Å². The molecule has 0 radical (unpaired) electrons. The minimum Gasteiger partial charge on any atom is -0.508 e. The average Bonchev–Trinajstić information content (AvgIpc) is 2.53. The average molecular weight is 175 g/mol. The lowest BCUT2D eigenvalue weighted by Gasteiger charge is -2.02. The Labute approximate surface area is 78.1 Å². The Balaban J connectivity index is 2.26. The molecule has 0 amide bonds. The highest BCUT2D eigenvalue weighted by Gasteiger charge is 2.09. The van der Waals surface area contributed by atoms with Gasteiger partial charge in [0.1, 0.15) is 5.75 Å². The van der Waals surface area contributed by atoms with Crippen LogP contribution >= 0.6 is 0 Å². The lowest BCUT2D eigenvalue weighted by Crippen LogP contribution is -2.04. The largest absolute Gasteiger partial charge is 0.508 e. The standard InChI is InChI=1S/C11H13NO/c1-12-7-6-10(8-12)9-2-4-11(13)5-3-9/h2-5,8,13H,6-7H2,1H3. The molecule has 0 spiro atoms. The van der Waals surface area contributed by atoms with Gasteiger partial charge in [0.05, 0.1) is 0 Å². The Bertz CT molecular complexity index is 326. The first kappa shape index (κ1) is 8.17. The van der Waals surface area contributed by atoms with E-state index >= 15 is 0 Å². The second-order valence-corrected chi connectivity index (χ2v) is 3.43. The smallest absolute Gasteiger partial charge is 0.115 e. The van der Waals surface area contributed by atoms with Crippen LogP contribution in [0.2, 0.25) is 0 Å². The van der Waals surface area contributed by atoms with Gasteiger partial charge in [-0.3, -0.25) is 0 Å². The number of hydrogen-bond donors (Lipinski definition) is 1. The van der Waals surface area contributed by atoms with E-state index in [0.717, 1.165) is 13.0 Å². The molecule has 13 heavy (non-hydrogen) atoms. The van der Waals surface area contributed by atoms with Crippen molar-refractivity contribution in [3.8, 4) is 5.75 Å². The predicted molar refractivity (Wildman–Crippen MR) is 53.3 cm³/mol. The van der Waals surface area contributed by atoms with Gasteiger partial charge < -0.3 is 10.0 Å². The van der Waals surface area contributed by atoms with Gasteiger partial charge in [0.2, 0.25) is 0 Å². The number of nitrogens with zero attached hydrogens (tertiary/aromatic N) is 1. The maximum Gasteiger partial charge on any atom is 0.115 e. The van der Waals surface area contributed by atoms with Gasteiger partial charge in [-0.05, 0) is 29.7 Å². The highest BCUT2D eigenvalue weighted by atomic mass is 16.3. The maximum atomic E-state index is 9.12. The molecule has 0 atom stereocenters. The van der Waals surface area contributed by atoms with Gasteiger partial charge in [0, 0.05) is 19.8 Å². The van der Waals surface area contributed by atoms with Crippen LogP contribution in [0.4, 0.5) is 0 Å². The van der Waals surface area contributed by atoms with Crippen molar-refractivity contribution in [1.82, 2.24) is 4.90 Å². The quantitative estimate of drug-likeness (QED) is 0.706. The molecule has 2 heteroatoms. The fourth-order valence-electron chi connectivity index (χ4n) is 1.59. The molecular formula is C11H13NO. The van der Waals surface area contributed by atoms with Crippen LogP contribution in [0.5, 0.6) is 5.75 Å². The summed E-state index contributed by atoms with van der Waals surface area (Å²) in [6.45, 7) is 1.09. The van der Waals surface area contributed by atoms with E-state index in [2.05, 4.69) is 18.1 Å². The summed E-state index contributed by atoms with van der Waals surface area (Å²) < 4.78 is 0. The summed E-state index contributed by atoms with van der Waals surface area (Å²) in [6.07, 6.45) is 3.26. The van der Waals surface area contributed by atoms with E-state index in [1.54, 1.807) is 12.1 Å². The zero-order chi connectivity index (χ0) is 9.26. The highest BCUT2D eigenvalue weighted by Crippen LogP contribution is 2.25. The summed E-state index contributed by atoms with van der Waals surface area (Å²) >= 11 is 0. The molecule has 1 N–H and O–H groups in total. The van der Waals surface area contributed by atoms with Crippen molar-refractivity contribution in [3.05, 3.63) is 36.0 Å². The SMILES string of the molecule is CN1C=C(c2ccc(O)cc2)CC1. The van der Waals surface area contributed by atoms with E-state index in [-0.39, 0.29) is 0 Å². The third-order valence-corrected chi connectivity index (χ3v) is 2.35. The molecule has 1 aromatic carbocycles. The van der Waals surface area contributed by atoms with Crippen LogP contribution in [-0.4, -0.2) is 23.6 Å². The number of aromatic hydroxyl groups is 1. The van der Waals surface area contributed by atoms with Crippen LogP contribution in [0.3, 0.4) is 0 Å². The zero-order valence-electron chi connectivity index (χ0n) is 7.70. The van der Waals surface area contributed by atoms with E-state index in [1.165, 1.54) is 11.1 Å². The molecular weight excluding hydrogens is 162 g/mol. The van der Waals surface area contributed by atoms with Gasteiger partial charge in [0.15, 0.2) is 0 Å². The number of phenolic OH excluding ortho intramolecular Hbond substituents is 1. The summed E-state index contributed by atoms with van der Waals surface area (Å²) in [5.74, 6) is 0.329. The van der Waals surface area contributed by atoms with Crippen LogP contribution in [0, 0.1) is 0 Å². The van der Waals surface area contributed by atoms with Gasteiger partial charge in [-0.1, -0.05) is 12.1 Å². The number of benzene rings is 1. The third-order valence-electron chi connectivity index (χ3n) is 2.35. The van der Waals surface area contributed by atoms with Gasteiger partial charge in [-0.15, -0.1) is 0 Å². The lowest BCUT2D eigenvalue weighted by atomic mass is 10.1. The van der Waals surface area contributed by atoms with Crippen LogP contribution in [0.1, 0.15) is 12.0 Å². The van der Waals surface area contributed by atoms with E-state index in [4.69, 9.17) is 5.11 Å². The Hall–Kier alpha value is -1.44. The molecule has 0 aromatic heterocycles. The van der Waals surface area contributed by atoms with Gasteiger partial charge >= 0.3 is 0 Å². The Morgan fingerprint density at radius 1 is 1.23 bits per heavy atom. The maximum absolute atomic E-state index is 9.12. The first-order chi connectivity index (χ1) is 6.25. The van der Waals surface area contributed by atoms with Crippen molar-refractivity contribution in [2.75, 3.05) is 13.6 Å². The molecule has 0 saturated carbocycles. The summed E-state index contributed by atoms with van der Waals surface area (Å²) in [5.41, 5.74) is 2.56. The minimum atomic E-state index is 0.329. The molecule has 2 nitrogen and oxygen atoms in total. The molecule has 0 bridgehead atoms. The van der Waals surface area contributed by atoms with Crippen molar-refractivity contribution in [3.63, 3.8) is 0 Å². The minimum absolute atomic E-state index is 0.329. The third kappa shape index (κ3) is 1.66. The summed E-state index contributed by atoms with van der Waals surface area (Å²) in [4.78, 5) is 2.18. The zero-order valence-corrected chi connectivity index (χ0v) is 7.70. The molecule has 68 valence electrons. The second-order valence-electron chi connectivity index (χ2n) is 3.43. The molecule has 1 aromatic rings. The van der Waals surface area contributed by atoms with E-state index in [9.17, 15) is 0 Å². The van der Waals surface area contributed by atoms with Crippen LogP contribution in [-0.2, 0) is 0 Å². The summed E-state index contributed by atoms with van der Waals surface area (Å²) in [7, 11) is 2.08. The predicted octanol–water partition coefficient (Wildman–Crippen LogP) is 2.07. The molecule has 0 aliphatic carbocycles. The molecule has 2 rings (SSSR count). The van der Waals surface area contributed by atoms with Crippen LogP contribution in [0.15, 0.2) is 30.5 Å². The fourth-order valence-corrected chi connectivity index (χ4v) is 1.59. The first-order valence-electron chi connectivity index (χ1n) is 4.46. The monoisotopic (exact) mass is 175 g/mol. The first-order valence-corrected chi connectivity index (χ1v) is 4.46. The molecule has 0 saturated heterocycles. The number of rotatable bonds is 1. The molecule has 0 fully saturated rings. The van der Waals surface area contributed by atoms with Crippen molar-refractivity contribution >= 4 is 5.57 Å². The van der Waals surface area contributed by atoms with Gasteiger partial charge in [0.25, 0.3) is 0 Å². The van der Waals surface area contributed by atoms with E-state index < -0.39 is 0 Å². The Kier molecular flexibility index (Phi) is 1.97. The topological polar surface area (TPSA) is 23.5 Å². The van der Waals surface area contributed by atoms with Gasteiger partial charge in [-0.25, -0.2) is 0 Å². The number of hydrogen-bond acceptors (Lipinski definition) is 2. The molecule has 1 aliphatic heterocycles. The normalized spacial score (nSPS) is 16.1. The van der Waals surface area contributed by atoms with Crippen LogP contribution < -0.4 is 0 Å². The van der Waals surface area contributed by atoms with Crippen molar-refractivity contribution < 1.29 is 5.11 Å². The van der Waals surface area contributed by atoms with E-state index in [1.807, 2.05) is 12.1 Å². The molecule has 1 aliphatic rings. The molecule has 1 heterocycles. The van der Waals surface area contributed by atoms with Crippen molar-refractivity contribution in [1.29, 1.82) is 0 Å². The van der Waals surface area contributed by atoms with Gasteiger partial charge in [-0.2, -0.15) is 0 Å². The Morgan fingerprint density at radius 3 is 2.46 bits per heavy atom.